The number of nitrogens with one attached hydrogen (secondary N) is 1. The lowest BCUT2D eigenvalue weighted by atomic mass is 10.4. The van der Waals surface area contributed by atoms with Crippen molar-refractivity contribution in [2.24, 2.45) is 12.0 Å². The summed E-state index contributed by atoms with van der Waals surface area (Å²) in [6.07, 6.45) is 5.32. The van der Waals surface area contributed by atoms with Crippen molar-refractivity contribution < 1.29 is 4.74 Å². The molecule has 6 nitrogen and oxygen atoms in total. The van der Waals surface area contributed by atoms with Crippen LogP contribution in [0.5, 0.6) is 5.75 Å². The van der Waals surface area contributed by atoms with Gasteiger partial charge in [0, 0.05) is 38.7 Å². The molecule has 138 valence electrons. The Morgan fingerprint density at radius 3 is 2.88 bits per heavy atom. The molecule has 0 unspecified atom stereocenters. The Bertz CT molecular complexity index is 662. The van der Waals surface area contributed by atoms with Crippen molar-refractivity contribution in [2.75, 3.05) is 26.7 Å². The molecule has 0 aromatic carbocycles. The van der Waals surface area contributed by atoms with Gasteiger partial charge in [0.05, 0.1) is 24.3 Å². The van der Waals surface area contributed by atoms with Gasteiger partial charge in [-0.05, 0) is 25.1 Å². The highest BCUT2D eigenvalue weighted by molar-refractivity contribution is 14.0. The minimum absolute atomic E-state index is 0. The first kappa shape index (κ1) is 21.6. The van der Waals surface area contributed by atoms with E-state index >= 15 is 0 Å². The van der Waals surface area contributed by atoms with E-state index in [2.05, 4.69) is 27.1 Å². The topological polar surface area (TPSA) is 54.7 Å². The molecule has 0 saturated carbocycles. The Kier molecular flexibility index (Phi) is 9.66. The Hall–Kier alpha value is -1.48. The van der Waals surface area contributed by atoms with Crippen molar-refractivity contribution in [3.05, 3.63) is 47.5 Å². The maximum atomic E-state index is 6.04. The fourth-order valence-electron chi connectivity index (χ4n) is 2.26. The van der Waals surface area contributed by atoms with Crippen LogP contribution in [0.3, 0.4) is 0 Å². The van der Waals surface area contributed by atoms with Crippen molar-refractivity contribution in [2.45, 2.75) is 13.5 Å². The van der Waals surface area contributed by atoms with Crippen molar-refractivity contribution in [3.63, 3.8) is 0 Å². The zero-order chi connectivity index (χ0) is 17.4. The second-order valence-corrected chi connectivity index (χ2v) is 5.83. The van der Waals surface area contributed by atoms with Crippen LogP contribution in [0.1, 0.15) is 12.6 Å². The van der Waals surface area contributed by atoms with E-state index in [1.54, 1.807) is 12.4 Å². The molecule has 2 aromatic heterocycles. The lowest BCUT2D eigenvalue weighted by Gasteiger charge is -2.22. The first-order valence-electron chi connectivity index (χ1n) is 7.93. The summed E-state index contributed by atoms with van der Waals surface area (Å²) in [5.74, 6) is 1.59. The van der Waals surface area contributed by atoms with Gasteiger partial charge in [-0.25, -0.2) is 4.99 Å². The number of aliphatic imine (C=N–C) groups is 1. The third-order valence-corrected chi connectivity index (χ3v) is 3.63. The molecule has 2 aromatic rings. The molecule has 0 spiro atoms. The fourth-order valence-corrected chi connectivity index (χ4v) is 2.53. The van der Waals surface area contributed by atoms with Gasteiger partial charge in [-0.3, -0.25) is 4.98 Å². The molecule has 0 bridgehead atoms. The number of aryl methyl sites for hydroxylation is 1. The third kappa shape index (κ3) is 7.11. The number of nitrogens with zero attached hydrogens (tertiary/aromatic N) is 4. The summed E-state index contributed by atoms with van der Waals surface area (Å²) in [4.78, 5) is 10.7. The molecule has 2 rings (SSSR count). The van der Waals surface area contributed by atoms with Gasteiger partial charge in [0.1, 0.15) is 12.4 Å². The lowest BCUT2D eigenvalue weighted by Crippen LogP contribution is -2.39. The molecule has 25 heavy (non-hydrogen) atoms. The van der Waals surface area contributed by atoms with E-state index in [1.165, 1.54) is 0 Å². The van der Waals surface area contributed by atoms with Gasteiger partial charge in [0.25, 0.3) is 0 Å². The smallest absolute Gasteiger partial charge is 0.194 e. The van der Waals surface area contributed by atoms with Crippen molar-refractivity contribution in [1.82, 2.24) is 19.8 Å². The number of hydrogen-bond acceptors (Lipinski definition) is 3. The van der Waals surface area contributed by atoms with E-state index in [0.29, 0.717) is 13.2 Å². The van der Waals surface area contributed by atoms with E-state index < -0.39 is 0 Å². The average molecular weight is 478 g/mol. The summed E-state index contributed by atoms with van der Waals surface area (Å²) in [5, 5.41) is 4.04. The first-order valence-corrected chi connectivity index (χ1v) is 8.31. The van der Waals surface area contributed by atoms with Crippen LogP contribution in [-0.4, -0.2) is 47.2 Å². The molecule has 0 amide bonds. The Morgan fingerprint density at radius 1 is 1.48 bits per heavy atom. The van der Waals surface area contributed by atoms with Crippen molar-refractivity contribution in [3.8, 4) is 5.75 Å². The van der Waals surface area contributed by atoms with Gasteiger partial charge >= 0.3 is 0 Å². The van der Waals surface area contributed by atoms with Gasteiger partial charge in [-0.2, -0.15) is 0 Å². The molecular weight excluding hydrogens is 453 g/mol. The molecular formula is C17H25ClIN5O. The van der Waals surface area contributed by atoms with Crippen molar-refractivity contribution in [1.29, 1.82) is 0 Å². The quantitative estimate of drug-likeness (QED) is 0.288. The van der Waals surface area contributed by atoms with Crippen LogP contribution in [0.15, 0.2) is 41.8 Å². The van der Waals surface area contributed by atoms with Crippen LogP contribution >= 0.6 is 35.6 Å². The van der Waals surface area contributed by atoms with Gasteiger partial charge in [0.2, 0.25) is 0 Å². The lowest BCUT2D eigenvalue weighted by molar-refractivity contribution is 0.326. The number of hydrogen-bond donors (Lipinski definition) is 1. The van der Waals surface area contributed by atoms with Crippen LogP contribution < -0.4 is 10.1 Å². The predicted molar refractivity (Wildman–Crippen MR) is 113 cm³/mol. The number of guanidine groups is 1. The van der Waals surface area contributed by atoms with Gasteiger partial charge < -0.3 is 19.5 Å². The summed E-state index contributed by atoms with van der Waals surface area (Å²) < 4.78 is 7.64. The Labute approximate surface area is 171 Å². The summed E-state index contributed by atoms with van der Waals surface area (Å²) >= 11 is 6.04. The average Bonchev–Trinajstić information content (AvgIpc) is 2.88. The molecule has 0 aliphatic carbocycles. The van der Waals surface area contributed by atoms with E-state index in [-0.39, 0.29) is 24.0 Å². The highest BCUT2D eigenvalue weighted by Crippen LogP contribution is 2.14. The number of rotatable bonds is 7. The Morgan fingerprint density at radius 2 is 2.28 bits per heavy atom. The largest absolute Gasteiger partial charge is 0.490 e. The maximum Gasteiger partial charge on any atom is 0.194 e. The fraction of sp³-hybridized carbons (Fsp3) is 0.412. The SMILES string of the molecule is CCNC(=NCCOc1cccnc1)N(C)Cc1cc(Cl)cn1C.I. The van der Waals surface area contributed by atoms with Gasteiger partial charge in [0.15, 0.2) is 5.96 Å². The molecule has 2 heterocycles. The minimum atomic E-state index is 0. The summed E-state index contributed by atoms with van der Waals surface area (Å²) in [5.41, 5.74) is 1.12. The van der Waals surface area contributed by atoms with Crippen molar-refractivity contribution >= 4 is 41.5 Å². The Balaban J connectivity index is 0.00000312. The first-order chi connectivity index (χ1) is 11.6. The predicted octanol–water partition coefficient (Wildman–Crippen LogP) is 3.17. The van der Waals surface area contributed by atoms with E-state index in [4.69, 9.17) is 16.3 Å². The second-order valence-electron chi connectivity index (χ2n) is 5.39. The van der Waals surface area contributed by atoms with Gasteiger partial charge in [-0.15, -0.1) is 24.0 Å². The number of ether oxygens (including phenoxy) is 1. The summed E-state index contributed by atoms with van der Waals surface area (Å²) in [6.45, 7) is 4.65. The van der Waals surface area contributed by atoms with Crippen LogP contribution in [-0.2, 0) is 13.6 Å². The molecule has 0 aliphatic rings. The highest BCUT2D eigenvalue weighted by Gasteiger charge is 2.09. The van der Waals surface area contributed by atoms with Crippen LogP contribution in [0.25, 0.3) is 0 Å². The number of halogens is 2. The molecule has 0 aliphatic heterocycles. The van der Waals surface area contributed by atoms with Crippen LogP contribution in [0, 0.1) is 0 Å². The van der Waals surface area contributed by atoms with Gasteiger partial charge in [-0.1, -0.05) is 11.6 Å². The summed E-state index contributed by atoms with van der Waals surface area (Å²) in [6, 6.07) is 5.70. The van der Waals surface area contributed by atoms with E-state index in [1.807, 2.05) is 43.1 Å². The molecule has 1 N–H and O–H groups in total. The molecule has 0 fully saturated rings. The standard InChI is InChI=1S/C17H24ClN5O.HI/c1-4-20-17(21-8-9-24-16-6-5-7-19-11-16)23(3)13-15-10-14(18)12-22(15)2;/h5-7,10-12H,4,8-9,13H2,1-3H3,(H,20,21);1H. The molecule has 0 radical (unpaired) electrons. The molecule has 0 atom stereocenters. The molecule has 0 saturated heterocycles. The van der Waals surface area contributed by atoms with E-state index in [0.717, 1.165) is 35.5 Å². The zero-order valence-electron chi connectivity index (χ0n) is 14.8. The van der Waals surface area contributed by atoms with Crippen LogP contribution in [0.2, 0.25) is 5.02 Å². The molecule has 8 heteroatoms. The highest BCUT2D eigenvalue weighted by atomic mass is 127. The summed E-state index contributed by atoms with van der Waals surface area (Å²) in [7, 11) is 3.99. The number of pyridine rings is 1. The normalized spacial score (nSPS) is 11.0. The maximum absolute atomic E-state index is 6.04. The third-order valence-electron chi connectivity index (χ3n) is 3.43. The van der Waals surface area contributed by atoms with E-state index in [9.17, 15) is 0 Å². The minimum Gasteiger partial charge on any atom is -0.490 e. The monoisotopic (exact) mass is 477 g/mol. The van der Waals surface area contributed by atoms with Crippen LogP contribution in [0.4, 0.5) is 0 Å². The number of aromatic nitrogens is 2. The second kappa shape index (κ2) is 11.2. The zero-order valence-corrected chi connectivity index (χ0v) is 17.9.